The number of halogens is 3. The van der Waals surface area contributed by atoms with E-state index in [1.807, 2.05) is 4.90 Å². The maximum atomic E-state index is 11.5. The molecule has 1 aliphatic rings. The Bertz CT molecular complexity index is 449. The lowest BCUT2D eigenvalue weighted by molar-refractivity contribution is -0.192. The lowest BCUT2D eigenvalue weighted by Crippen LogP contribution is -2.44. The average molecular weight is 343 g/mol. The van der Waals surface area contributed by atoms with E-state index in [0.717, 1.165) is 13.0 Å². The van der Waals surface area contributed by atoms with E-state index < -0.39 is 29.6 Å². The summed E-state index contributed by atoms with van der Waals surface area (Å²) in [5.41, 5.74) is -0.660. The summed E-state index contributed by atoms with van der Waals surface area (Å²) >= 11 is 0. The zero-order valence-electron chi connectivity index (χ0n) is 13.0. The van der Waals surface area contributed by atoms with Crippen LogP contribution in [0.25, 0.3) is 0 Å². The van der Waals surface area contributed by atoms with Gasteiger partial charge in [0.2, 0.25) is 0 Å². The summed E-state index contributed by atoms with van der Waals surface area (Å²) in [4.78, 5) is 33.2. The highest BCUT2D eigenvalue weighted by atomic mass is 19.4. The molecule has 1 atom stereocenters. The summed E-state index contributed by atoms with van der Waals surface area (Å²) in [5, 5.41) is 16.1. The van der Waals surface area contributed by atoms with Gasteiger partial charge in [-0.1, -0.05) is 0 Å². The predicted molar refractivity (Wildman–Crippen MR) is 71.7 cm³/mol. The van der Waals surface area contributed by atoms with Crippen LogP contribution in [0.1, 0.15) is 26.7 Å². The van der Waals surface area contributed by atoms with Crippen molar-refractivity contribution in [3.05, 3.63) is 0 Å². The van der Waals surface area contributed by atoms with Gasteiger partial charge in [-0.25, -0.2) is 4.79 Å². The van der Waals surface area contributed by atoms with Gasteiger partial charge in [0.1, 0.15) is 6.04 Å². The van der Waals surface area contributed by atoms with E-state index in [0.29, 0.717) is 13.0 Å². The summed E-state index contributed by atoms with van der Waals surface area (Å²) in [6.07, 6.45) is -3.55. The zero-order valence-corrected chi connectivity index (χ0v) is 13.0. The maximum Gasteiger partial charge on any atom is 0.490 e. The highest BCUT2D eigenvalue weighted by Gasteiger charge is 2.38. The Labute approximate surface area is 131 Å². The predicted octanol–water partition coefficient (Wildman–Crippen LogP) is 1.37. The molecule has 1 fully saturated rings. The van der Waals surface area contributed by atoms with E-state index in [4.69, 9.17) is 19.7 Å². The van der Waals surface area contributed by atoms with Gasteiger partial charge in [-0.2, -0.15) is 13.2 Å². The third-order valence-electron chi connectivity index (χ3n) is 3.23. The van der Waals surface area contributed by atoms with Gasteiger partial charge < -0.3 is 14.9 Å². The molecular formula is C13H20F3NO6. The Kier molecular flexibility index (Phi) is 7.49. The van der Waals surface area contributed by atoms with Crippen molar-refractivity contribution in [2.45, 2.75) is 38.9 Å². The second kappa shape index (κ2) is 8.14. The number of carbonyl (C=O) groups excluding carboxylic acids is 1. The second-order valence-corrected chi connectivity index (χ2v) is 5.65. The van der Waals surface area contributed by atoms with Crippen molar-refractivity contribution in [1.29, 1.82) is 0 Å². The first-order chi connectivity index (χ1) is 10.3. The number of rotatable bonds is 4. The molecule has 0 spiro atoms. The normalized spacial score (nSPS) is 18.8. The molecule has 2 N–H and O–H groups in total. The molecule has 0 aromatic rings. The molecule has 7 nitrogen and oxygen atoms in total. The number of ether oxygens (including phenoxy) is 1. The minimum Gasteiger partial charge on any atom is -0.480 e. The monoisotopic (exact) mass is 343 g/mol. The number of alkyl halides is 3. The van der Waals surface area contributed by atoms with Gasteiger partial charge in [-0.3, -0.25) is 14.5 Å². The summed E-state index contributed by atoms with van der Waals surface area (Å²) in [7, 11) is 1.35. The molecule has 1 heterocycles. The van der Waals surface area contributed by atoms with Crippen LogP contribution in [0.4, 0.5) is 13.2 Å². The molecule has 1 unspecified atom stereocenters. The van der Waals surface area contributed by atoms with Crippen molar-refractivity contribution in [3.8, 4) is 0 Å². The molecule has 0 aromatic carbocycles. The van der Waals surface area contributed by atoms with Gasteiger partial charge >= 0.3 is 24.1 Å². The van der Waals surface area contributed by atoms with Gasteiger partial charge in [0.05, 0.1) is 12.5 Å². The summed E-state index contributed by atoms with van der Waals surface area (Å²) in [6, 6.07) is -0.455. The first kappa shape index (κ1) is 21.2. The quantitative estimate of drug-likeness (QED) is 0.743. The molecule has 134 valence electrons. The Morgan fingerprint density at radius 2 is 1.70 bits per heavy atom. The molecule has 23 heavy (non-hydrogen) atoms. The Morgan fingerprint density at radius 1 is 1.22 bits per heavy atom. The third-order valence-corrected chi connectivity index (χ3v) is 3.23. The Balaban J connectivity index is 0.000000585. The summed E-state index contributed by atoms with van der Waals surface area (Å²) < 4.78 is 36.4. The lowest BCUT2D eigenvalue weighted by atomic mass is 9.92. The van der Waals surface area contributed by atoms with E-state index in [1.165, 1.54) is 7.11 Å². The highest BCUT2D eigenvalue weighted by Crippen LogP contribution is 2.25. The molecule has 10 heteroatoms. The molecule has 0 bridgehead atoms. The smallest absolute Gasteiger partial charge is 0.480 e. The van der Waals surface area contributed by atoms with Gasteiger partial charge in [-0.05, 0) is 33.2 Å². The van der Waals surface area contributed by atoms with Gasteiger partial charge in [0.25, 0.3) is 0 Å². The number of hydrogen-bond acceptors (Lipinski definition) is 5. The molecular weight excluding hydrogens is 323 g/mol. The molecule has 1 aliphatic heterocycles. The van der Waals surface area contributed by atoms with Crippen LogP contribution in [-0.2, 0) is 19.1 Å². The molecule has 1 saturated heterocycles. The fraction of sp³-hybridized carbons (Fsp3) is 0.769. The number of nitrogens with zero attached hydrogens (tertiary/aromatic N) is 1. The van der Waals surface area contributed by atoms with Crippen molar-refractivity contribution in [2.24, 2.45) is 5.41 Å². The molecule has 0 amide bonds. The molecule has 0 saturated carbocycles. The summed E-state index contributed by atoms with van der Waals surface area (Å²) in [6.45, 7) is 4.71. The fourth-order valence-corrected chi connectivity index (χ4v) is 2.14. The second-order valence-electron chi connectivity index (χ2n) is 5.65. The highest BCUT2D eigenvalue weighted by molar-refractivity contribution is 5.77. The number of esters is 1. The number of likely N-dealkylation sites (tertiary alicyclic amines) is 1. The molecule has 0 radical (unpaired) electrons. The van der Waals surface area contributed by atoms with Crippen LogP contribution in [0.15, 0.2) is 0 Å². The van der Waals surface area contributed by atoms with Crippen molar-refractivity contribution >= 4 is 17.9 Å². The van der Waals surface area contributed by atoms with E-state index in [9.17, 15) is 22.8 Å². The molecule has 0 aromatic heterocycles. The van der Waals surface area contributed by atoms with Crippen molar-refractivity contribution < 1.29 is 42.5 Å². The van der Waals surface area contributed by atoms with Crippen LogP contribution in [-0.4, -0.2) is 65.4 Å². The van der Waals surface area contributed by atoms with E-state index in [1.54, 1.807) is 13.8 Å². The van der Waals surface area contributed by atoms with E-state index in [-0.39, 0.29) is 5.97 Å². The Hall–Kier alpha value is -1.84. The van der Waals surface area contributed by atoms with Crippen molar-refractivity contribution in [2.75, 3.05) is 20.2 Å². The first-order valence-electron chi connectivity index (χ1n) is 6.68. The van der Waals surface area contributed by atoms with Crippen LogP contribution in [0, 0.1) is 5.41 Å². The topological polar surface area (TPSA) is 104 Å². The van der Waals surface area contributed by atoms with Crippen molar-refractivity contribution in [1.82, 2.24) is 4.90 Å². The van der Waals surface area contributed by atoms with E-state index in [2.05, 4.69) is 0 Å². The number of methoxy groups -OCH3 is 1. The van der Waals surface area contributed by atoms with Crippen molar-refractivity contribution in [3.63, 3.8) is 0 Å². The number of hydrogen-bond donors (Lipinski definition) is 2. The lowest BCUT2D eigenvalue weighted by Gasteiger charge is -2.30. The maximum absolute atomic E-state index is 11.5. The van der Waals surface area contributed by atoms with Crippen LogP contribution in [0.3, 0.4) is 0 Å². The number of carbonyl (C=O) groups is 3. The van der Waals surface area contributed by atoms with Gasteiger partial charge in [-0.15, -0.1) is 0 Å². The Morgan fingerprint density at radius 3 is 2.04 bits per heavy atom. The van der Waals surface area contributed by atoms with Crippen LogP contribution in [0.2, 0.25) is 0 Å². The number of carboxylic acid groups (broad SMARTS) is 2. The fourth-order valence-electron chi connectivity index (χ4n) is 2.14. The minimum atomic E-state index is -5.08. The summed E-state index contributed by atoms with van der Waals surface area (Å²) in [5.74, 6) is -3.87. The standard InChI is InChI=1S/C11H19NO4.C2HF3O2/c1-11(2,10(15)16-3)7-12-6-4-5-8(12)9(13)14;3-2(4,5)1(6)7/h8H,4-7H2,1-3H3,(H,13,14);(H,6,7). The third kappa shape index (κ3) is 6.85. The first-order valence-corrected chi connectivity index (χ1v) is 6.68. The number of aliphatic carboxylic acids is 2. The largest absolute Gasteiger partial charge is 0.490 e. The average Bonchev–Trinajstić information content (AvgIpc) is 2.84. The van der Waals surface area contributed by atoms with E-state index >= 15 is 0 Å². The van der Waals surface area contributed by atoms with Gasteiger partial charge in [0.15, 0.2) is 0 Å². The van der Waals surface area contributed by atoms with Crippen LogP contribution >= 0.6 is 0 Å². The van der Waals surface area contributed by atoms with Crippen LogP contribution < -0.4 is 0 Å². The number of carboxylic acids is 2. The van der Waals surface area contributed by atoms with Crippen LogP contribution in [0.5, 0.6) is 0 Å². The minimum absolute atomic E-state index is 0.302. The zero-order chi connectivity index (χ0) is 18.4. The molecule has 0 aliphatic carbocycles. The SMILES string of the molecule is COC(=O)C(C)(C)CN1CCCC1C(=O)O.O=C(O)C(F)(F)F. The van der Waals surface area contributed by atoms with Gasteiger partial charge in [0, 0.05) is 6.54 Å². The molecule has 1 rings (SSSR count).